The summed E-state index contributed by atoms with van der Waals surface area (Å²) in [6, 6.07) is 13.8. The molecule has 3 aromatic rings. The van der Waals surface area contributed by atoms with Gasteiger partial charge in [-0.2, -0.15) is 0 Å². The van der Waals surface area contributed by atoms with Crippen molar-refractivity contribution in [1.82, 2.24) is 0 Å². The van der Waals surface area contributed by atoms with E-state index in [1.807, 2.05) is 6.07 Å². The molecule has 0 bridgehead atoms. The van der Waals surface area contributed by atoms with Crippen LogP contribution in [0, 0.1) is 0 Å². The number of carboxylic acid groups (broad SMARTS) is 1. The summed E-state index contributed by atoms with van der Waals surface area (Å²) in [5.74, 6) is -0.376. The molecular weight excluding hydrogens is 316 g/mol. The second kappa shape index (κ2) is 6.26. The third-order valence-electron chi connectivity index (χ3n) is 3.45. The van der Waals surface area contributed by atoms with Gasteiger partial charge in [-0.15, -0.1) is 0 Å². The highest BCUT2D eigenvalue weighted by Crippen LogP contribution is 2.30. The Labute approximate surface area is 135 Å². The highest BCUT2D eigenvalue weighted by Gasteiger charge is 2.22. The maximum Gasteiger partial charge on any atom is 0.339 e. The van der Waals surface area contributed by atoms with Crippen molar-refractivity contribution in [3.05, 3.63) is 59.9 Å². The molecule has 0 aliphatic carbocycles. The first-order chi connectivity index (χ1) is 11.1. The van der Waals surface area contributed by atoms with Crippen molar-refractivity contribution in [3.8, 4) is 5.75 Å². The van der Waals surface area contributed by atoms with Gasteiger partial charge >= 0.3 is 5.97 Å². The molecule has 6 heteroatoms. The maximum absolute atomic E-state index is 12.4. The van der Waals surface area contributed by atoms with Crippen LogP contribution in [0.4, 0.5) is 0 Å². The lowest BCUT2D eigenvalue weighted by Gasteiger charge is -2.01. The number of aromatic carboxylic acids is 1. The zero-order valence-electron chi connectivity index (χ0n) is 12.3. The minimum absolute atomic E-state index is 0.00262. The quantitative estimate of drug-likeness (QED) is 0.775. The lowest BCUT2D eigenvalue weighted by molar-refractivity contribution is 0.0697. The van der Waals surface area contributed by atoms with E-state index in [9.17, 15) is 14.1 Å². The number of hydrogen-bond acceptors (Lipinski definition) is 4. The van der Waals surface area contributed by atoms with E-state index in [1.54, 1.807) is 42.5 Å². The van der Waals surface area contributed by atoms with Crippen LogP contribution in [-0.4, -0.2) is 22.4 Å². The Morgan fingerprint density at radius 1 is 1.22 bits per heavy atom. The third kappa shape index (κ3) is 2.98. The molecule has 2 aromatic carbocycles. The molecule has 0 unspecified atom stereocenters. The van der Waals surface area contributed by atoms with Gasteiger partial charge in [-0.05, 0) is 30.3 Å². The molecule has 0 saturated heterocycles. The van der Waals surface area contributed by atoms with Crippen molar-refractivity contribution < 1.29 is 23.3 Å². The van der Waals surface area contributed by atoms with Crippen molar-refractivity contribution in [1.29, 1.82) is 0 Å². The van der Waals surface area contributed by atoms with E-state index in [0.717, 1.165) is 0 Å². The second-order valence-electron chi connectivity index (χ2n) is 4.87. The number of carbonyl (C=O) groups is 1. The van der Waals surface area contributed by atoms with Crippen molar-refractivity contribution in [2.45, 2.75) is 10.6 Å². The van der Waals surface area contributed by atoms with E-state index in [2.05, 4.69) is 0 Å². The minimum atomic E-state index is -1.38. The van der Waals surface area contributed by atoms with Gasteiger partial charge in [0.05, 0.1) is 23.7 Å². The largest absolute Gasteiger partial charge is 0.497 e. The summed E-state index contributed by atoms with van der Waals surface area (Å²) in [7, 11) is 0.124. The first kappa shape index (κ1) is 15.3. The molecule has 0 amide bonds. The summed E-state index contributed by atoms with van der Waals surface area (Å²) in [6.07, 6.45) is 0. The fraction of sp³-hybridized carbons (Fsp3) is 0.118. The molecule has 1 aromatic heterocycles. The monoisotopic (exact) mass is 330 g/mol. The molecule has 0 spiro atoms. The van der Waals surface area contributed by atoms with Gasteiger partial charge in [0.1, 0.15) is 22.7 Å². The number of carboxylic acids is 1. The first-order valence-corrected chi connectivity index (χ1v) is 8.18. The number of hydrogen-bond donors (Lipinski definition) is 1. The number of rotatable bonds is 5. The van der Waals surface area contributed by atoms with Gasteiger partial charge in [0.15, 0.2) is 0 Å². The topological polar surface area (TPSA) is 76.7 Å². The van der Waals surface area contributed by atoms with E-state index < -0.39 is 16.8 Å². The third-order valence-corrected chi connectivity index (χ3v) is 4.77. The molecule has 1 heterocycles. The smallest absolute Gasteiger partial charge is 0.339 e. The SMILES string of the molecule is COc1ccc2oc(C[S@@](=O)c3ccccc3)c(C(=O)O)c2c1. The molecule has 0 fully saturated rings. The van der Waals surface area contributed by atoms with Gasteiger partial charge in [-0.3, -0.25) is 4.21 Å². The van der Waals surface area contributed by atoms with Crippen molar-refractivity contribution in [2.24, 2.45) is 0 Å². The average Bonchev–Trinajstić information content (AvgIpc) is 2.92. The van der Waals surface area contributed by atoms with Crippen molar-refractivity contribution >= 4 is 27.7 Å². The van der Waals surface area contributed by atoms with Crippen molar-refractivity contribution in [2.75, 3.05) is 7.11 Å². The highest BCUT2D eigenvalue weighted by molar-refractivity contribution is 7.84. The van der Waals surface area contributed by atoms with E-state index >= 15 is 0 Å². The Bertz CT molecular complexity index is 883. The van der Waals surface area contributed by atoms with Crippen LogP contribution >= 0.6 is 0 Å². The van der Waals surface area contributed by atoms with Crippen LogP contribution < -0.4 is 4.74 Å². The lowest BCUT2D eigenvalue weighted by Crippen LogP contribution is -2.03. The molecule has 3 rings (SSSR count). The fourth-order valence-electron chi connectivity index (χ4n) is 2.37. The van der Waals surface area contributed by atoms with Gasteiger partial charge < -0.3 is 14.3 Å². The van der Waals surface area contributed by atoms with Gasteiger partial charge in [0, 0.05) is 10.3 Å². The summed E-state index contributed by atoms with van der Waals surface area (Å²) < 4.78 is 23.2. The van der Waals surface area contributed by atoms with E-state index in [0.29, 0.717) is 21.6 Å². The van der Waals surface area contributed by atoms with Gasteiger partial charge in [-0.1, -0.05) is 18.2 Å². The van der Waals surface area contributed by atoms with Crippen molar-refractivity contribution in [3.63, 3.8) is 0 Å². The Morgan fingerprint density at radius 2 is 1.96 bits per heavy atom. The zero-order valence-corrected chi connectivity index (χ0v) is 13.1. The number of furan rings is 1. The predicted molar refractivity (Wildman–Crippen MR) is 86.3 cm³/mol. The minimum Gasteiger partial charge on any atom is -0.497 e. The van der Waals surface area contributed by atoms with Crippen LogP contribution in [-0.2, 0) is 16.6 Å². The Morgan fingerprint density at radius 3 is 2.61 bits per heavy atom. The fourth-order valence-corrected chi connectivity index (χ4v) is 3.43. The molecule has 1 N–H and O–H groups in total. The predicted octanol–water partition coefficient (Wildman–Crippen LogP) is 3.45. The summed E-state index contributed by atoms with van der Waals surface area (Å²) >= 11 is 0. The molecule has 5 nitrogen and oxygen atoms in total. The van der Waals surface area contributed by atoms with E-state index in [1.165, 1.54) is 7.11 Å². The van der Waals surface area contributed by atoms with E-state index in [4.69, 9.17) is 9.15 Å². The van der Waals surface area contributed by atoms with Gasteiger partial charge in [0.2, 0.25) is 0 Å². The lowest BCUT2D eigenvalue weighted by atomic mass is 10.1. The van der Waals surface area contributed by atoms with Gasteiger partial charge in [-0.25, -0.2) is 4.79 Å². The Hall–Kier alpha value is -2.60. The zero-order chi connectivity index (χ0) is 16.4. The average molecular weight is 330 g/mol. The summed E-state index contributed by atoms with van der Waals surface area (Å²) in [5, 5.41) is 9.94. The number of methoxy groups -OCH3 is 1. The summed E-state index contributed by atoms with van der Waals surface area (Å²) in [6.45, 7) is 0. The van der Waals surface area contributed by atoms with Crippen LogP contribution in [0.2, 0.25) is 0 Å². The Balaban J connectivity index is 2.05. The highest BCUT2D eigenvalue weighted by atomic mass is 32.2. The van der Waals surface area contributed by atoms with Crippen LogP contribution in [0.3, 0.4) is 0 Å². The van der Waals surface area contributed by atoms with Crippen LogP contribution in [0.5, 0.6) is 5.75 Å². The molecular formula is C17H14O5S. The molecule has 0 radical (unpaired) electrons. The molecule has 118 valence electrons. The summed E-state index contributed by atoms with van der Waals surface area (Å²) in [4.78, 5) is 12.2. The summed E-state index contributed by atoms with van der Waals surface area (Å²) in [5.41, 5.74) is 0.464. The second-order valence-corrected chi connectivity index (χ2v) is 6.32. The number of benzene rings is 2. The van der Waals surface area contributed by atoms with Crippen LogP contribution in [0.1, 0.15) is 16.1 Å². The number of fused-ring (bicyclic) bond motifs is 1. The number of ether oxygens (including phenoxy) is 1. The molecule has 0 saturated carbocycles. The standard InChI is InChI=1S/C17H14O5S/c1-21-11-7-8-14-13(9-11)16(17(18)19)15(22-14)10-23(20)12-5-3-2-4-6-12/h2-9H,10H2,1H3,(H,18,19)/t23-/m1/s1. The normalized spacial score (nSPS) is 12.2. The Kier molecular flexibility index (Phi) is 4.16. The molecule has 0 aliphatic heterocycles. The van der Waals surface area contributed by atoms with Gasteiger partial charge in [0.25, 0.3) is 0 Å². The molecule has 23 heavy (non-hydrogen) atoms. The van der Waals surface area contributed by atoms with E-state index in [-0.39, 0.29) is 17.1 Å². The maximum atomic E-state index is 12.4. The molecule has 0 aliphatic rings. The van der Waals surface area contributed by atoms with Crippen LogP contribution in [0.15, 0.2) is 57.8 Å². The molecule has 1 atom stereocenters. The first-order valence-electron chi connectivity index (χ1n) is 6.86. The van der Waals surface area contributed by atoms with Crippen LogP contribution in [0.25, 0.3) is 11.0 Å².